The van der Waals surface area contributed by atoms with Gasteiger partial charge >= 0.3 is 0 Å². The molecule has 27 heavy (non-hydrogen) atoms. The van der Waals surface area contributed by atoms with Gasteiger partial charge in [-0.15, -0.1) is 0 Å². The van der Waals surface area contributed by atoms with Crippen molar-refractivity contribution in [2.24, 2.45) is 0 Å². The molecular formula is C22H24N2O3. The second-order valence-electron chi connectivity index (χ2n) is 6.59. The van der Waals surface area contributed by atoms with Crippen LogP contribution in [-0.4, -0.2) is 35.7 Å². The highest BCUT2D eigenvalue weighted by Crippen LogP contribution is 2.23. The van der Waals surface area contributed by atoms with E-state index in [0.717, 1.165) is 18.5 Å². The van der Waals surface area contributed by atoms with E-state index < -0.39 is 0 Å². The van der Waals surface area contributed by atoms with Crippen molar-refractivity contribution in [2.45, 2.75) is 32.6 Å². The van der Waals surface area contributed by atoms with Gasteiger partial charge in [-0.05, 0) is 44.0 Å². The fraction of sp³-hybridized carbons (Fsp3) is 0.318. The van der Waals surface area contributed by atoms with Crippen molar-refractivity contribution in [2.75, 3.05) is 18.0 Å². The van der Waals surface area contributed by atoms with Crippen molar-refractivity contribution >= 4 is 23.4 Å². The summed E-state index contributed by atoms with van der Waals surface area (Å²) in [6, 6.07) is 16.6. The summed E-state index contributed by atoms with van der Waals surface area (Å²) in [5.74, 6) is -0.328. The van der Waals surface area contributed by atoms with Crippen LogP contribution in [0, 0.1) is 0 Å². The summed E-state index contributed by atoms with van der Waals surface area (Å²) in [5.41, 5.74) is 1.88. The number of benzene rings is 2. The molecule has 0 atom stereocenters. The summed E-state index contributed by atoms with van der Waals surface area (Å²) < 4.78 is 0. The number of imide groups is 1. The van der Waals surface area contributed by atoms with Crippen LogP contribution in [0.4, 0.5) is 5.69 Å². The lowest BCUT2D eigenvalue weighted by molar-refractivity contribution is -0.118. The summed E-state index contributed by atoms with van der Waals surface area (Å²) in [6.45, 7) is 3.00. The molecule has 0 spiro atoms. The van der Waals surface area contributed by atoms with E-state index in [1.807, 2.05) is 37.3 Å². The van der Waals surface area contributed by atoms with Crippen LogP contribution in [0.25, 0.3) is 0 Å². The number of carbonyl (C=O) groups excluding carboxylic acids is 3. The molecule has 3 amide bonds. The molecule has 1 aliphatic rings. The Balaban J connectivity index is 1.44. The molecule has 0 N–H and O–H groups in total. The van der Waals surface area contributed by atoms with Crippen molar-refractivity contribution in [1.29, 1.82) is 0 Å². The van der Waals surface area contributed by atoms with E-state index >= 15 is 0 Å². The number of carbonyl (C=O) groups is 3. The first-order valence-electron chi connectivity index (χ1n) is 9.44. The highest BCUT2D eigenvalue weighted by molar-refractivity contribution is 6.21. The lowest BCUT2D eigenvalue weighted by Gasteiger charge is -2.21. The minimum atomic E-state index is -0.215. The van der Waals surface area contributed by atoms with Gasteiger partial charge in [-0.1, -0.05) is 36.8 Å². The zero-order chi connectivity index (χ0) is 19.2. The predicted octanol–water partition coefficient (Wildman–Crippen LogP) is 3.90. The lowest BCUT2D eigenvalue weighted by Crippen LogP contribution is -2.31. The molecule has 2 aromatic carbocycles. The maximum Gasteiger partial charge on any atom is 0.261 e. The van der Waals surface area contributed by atoms with Gasteiger partial charge in [0.1, 0.15) is 0 Å². The Morgan fingerprint density at radius 3 is 2.04 bits per heavy atom. The Labute approximate surface area is 159 Å². The molecule has 0 unspecified atom stereocenters. The van der Waals surface area contributed by atoms with Gasteiger partial charge in [-0.3, -0.25) is 19.3 Å². The first-order chi connectivity index (χ1) is 13.1. The third-order valence-corrected chi connectivity index (χ3v) is 4.84. The van der Waals surface area contributed by atoms with Gasteiger partial charge in [0.2, 0.25) is 5.91 Å². The molecule has 140 valence electrons. The molecule has 0 bridgehead atoms. The van der Waals surface area contributed by atoms with E-state index in [0.29, 0.717) is 37.1 Å². The average molecular weight is 364 g/mol. The van der Waals surface area contributed by atoms with E-state index in [1.54, 1.807) is 29.2 Å². The second kappa shape index (κ2) is 8.62. The fourth-order valence-electron chi connectivity index (χ4n) is 3.41. The van der Waals surface area contributed by atoms with E-state index in [-0.39, 0.29) is 17.7 Å². The van der Waals surface area contributed by atoms with Crippen LogP contribution in [0.15, 0.2) is 54.6 Å². The normalized spacial score (nSPS) is 13.0. The summed E-state index contributed by atoms with van der Waals surface area (Å²) in [7, 11) is 0. The maximum absolute atomic E-state index is 12.5. The number of amides is 3. The average Bonchev–Trinajstić information content (AvgIpc) is 2.94. The highest BCUT2D eigenvalue weighted by atomic mass is 16.2. The fourth-order valence-corrected chi connectivity index (χ4v) is 3.41. The quantitative estimate of drug-likeness (QED) is 0.527. The van der Waals surface area contributed by atoms with E-state index in [9.17, 15) is 14.4 Å². The van der Waals surface area contributed by atoms with Gasteiger partial charge in [-0.2, -0.15) is 0 Å². The molecule has 5 heteroatoms. The Morgan fingerprint density at radius 1 is 0.852 bits per heavy atom. The van der Waals surface area contributed by atoms with Crippen LogP contribution in [0.5, 0.6) is 0 Å². The predicted molar refractivity (Wildman–Crippen MR) is 105 cm³/mol. The van der Waals surface area contributed by atoms with Crippen molar-refractivity contribution in [3.63, 3.8) is 0 Å². The Hall–Kier alpha value is -2.95. The van der Waals surface area contributed by atoms with Crippen LogP contribution in [0.3, 0.4) is 0 Å². The van der Waals surface area contributed by atoms with E-state index in [4.69, 9.17) is 0 Å². The molecule has 0 saturated heterocycles. The molecule has 1 heterocycles. The molecule has 0 radical (unpaired) electrons. The Morgan fingerprint density at radius 2 is 1.44 bits per heavy atom. The van der Waals surface area contributed by atoms with Crippen LogP contribution < -0.4 is 4.90 Å². The van der Waals surface area contributed by atoms with Gasteiger partial charge in [-0.25, -0.2) is 0 Å². The smallest absolute Gasteiger partial charge is 0.261 e. The molecule has 0 aromatic heterocycles. The first kappa shape index (κ1) is 18.8. The minimum Gasteiger partial charge on any atom is -0.313 e. The molecule has 0 aliphatic carbocycles. The van der Waals surface area contributed by atoms with Gasteiger partial charge in [0.05, 0.1) is 11.1 Å². The van der Waals surface area contributed by atoms with Crippen LogP contribution in [-0.2, 0) is 4.79 Å². The number of unbranched alkanes of at least 4 members (excludes halogenated alkanes) is 2. The number of para-hydroxylation sites is 1. The summed E-state index contributed by atoms with van der Waals surface area (Å²) in [4.78, 5) is 40.2. The van der Waals surface area contributed by atoms with Gasteiger partial charge < -0.3 is 4.90 Å². The monoisotopic (exact) mass is 364 g/mol. The molecule has 2 aromatic rings. The summed E-state index contributed by atoms with van der Waals surface area (Å²) in [5, 5.41) is 0. The molecule has 5 nitrogen and oxygen atoms in total. The third kappa shape index (κ3) is 4.08. The SMILES string of the molecule is CCN(C(=O)CCCCCN1C(=O)c2ccccc2C1=O)c1ccccc1. The van der Waals surface area contributed by atoms with Crippen molar-refractivity contribution in [3.05, 3.63) is 65.7 Å². The number of hydrogen-bond donors (Lipinski definition) is 0. The Kier molecular flexibility index (Phi) is 6.01. The molecule has 0 fully saturated rings. The number of hydrogen-bond acceptors (Lipinski definition) is 3. The van der Waals surface area contributed by atoms with Gasteiger partial charge in [0.25, 0.3) is 11.8 Å². The van der Waals surface area contributed by atoms with Crippen molar-refractivity contribution < 1.29 is 14.4 Å². The van der Waals surface area contributed by atoms with E-state index in [2.05, 4.69) is 0 Å². The zero-order valence-corrected chi connectivity index (χ0v) is 15.6. The summed E-state index contributed by atoms with van der Waals surface area (Å²) in [6.07, 6.45) is 2.71. The number of rotatable bonds is 8. The van der Waals surface area contributed by atoms with Crippen LogP contribution >= 0.6 is 0 Å². The highest BCUT2D eigenvalue weighted by Gasteiger charge is 2.34. The molecule has 1 aliphatic heterocycles. The largest absolute Gasteiger partial charge is 0.313 e. The van der Waals surface area contributed by atoms with Crippen molar-refractivity contribution in [1.82, 2.24) is 4.90 Å². The first-order valence-corrected chi connectivity index (χ1v) is 9.44. The van der Waals surface area contributed by atoms with Gasteiger partial charge in [0.15, 0.2) is 0 Å². The Bertz CT molecular complexity index is 797. The minimum absolute atomic E-state index is 0.101. The second-order valence-corrected chi connectivity index (χ2v) is 6.59. The third-order valence-electron chi connectivity index (χ3n) is 4.84. The number of fused-ring (bicyclic) bond motifs is 1. The lowest BCUT2D eigenvalue weighted by atomic mass is 10.1. The molecular weight excluding hydrogens is 340 g/mol. The number of anilines is 1. The van der Waals surface area contributed by atoms with E-state index in [1.165, 1.54) is 4.90 Å². The molecule has 3 rings (SSSR count). The number of nitrogens with zero attached hydrogens (tertiary/aromatic N) is 2. The summed E-state index contributed by atoms with van der Waals surface area (Å²) >= 11 is 0. The standard InChI is InChI=1S/C22H24N2O3/c1-2-23(17-11-5-3-6-12-17)20(25)15-7-4-10-16-24-21(26)18-13-8-9-14-19(18)22(24)27/h3,5-6,8-9,11-14H,2,4,7,10,15-16H2,1H3. The topological polar surface area (TPSA) is 57.7 Å². The zero-order valence-electron chi connectivity index (χ0n) is 15.6. The van der Waals surface area contributed by atoms with Crippen LogP contribution in [0.1, 0.15) is 53.3 Å². The molecule has 0 saturated carbocycles. The van der Waals surface area contributed by atoms with Crippen LogP contribution in [0.2, 0.25) is 0 Å². The maximum atomic E-state index is 12.5. The van der Waals surface area contributed by atoms with Gasteiger partial charge in [0, 0.05) is 25.2 Å². The van der Waals surface area contributed by atoms with Crippen molar-refractivity contribution in [3.8, 4) is 0 Å².